The number of nitrogens with one attached hydrogen (secondary N) is 1. The standard InChI is InChI=1S/C11H15BrClNOS/c1-3-11(4-2,7-13)14-10(15)8-5-9(12)16-6-8/h5-6H,3-4,7H2,1-2H3,(H,14,15). The number of amides is 1. The second-order valence-electron chi connectivity index (χ2n) is 3.71. The molecule has 0 aromatic carbocycles. The molecule has 0 aliphatic heterocycles. The van der Waals surface area contributed by atoms with Crippen LogP contribution in [0.5, 0.6) is 0 Å². The zero-order valence-corrected chi connectivity index (χ0v) is 12.5. The molecule has 90 valence electrons. The lowest BCUT2D eigenvalue weighted by Crippen LogP contribution is -2.49. The van der Waals surface area contributed by atoms with Gasteiger partial charge in [-0.05, 0) is 34.8 Å². The van der Waals surface area contributed by atoms with Crippen LogP contribution in [-0.2, 0) is 0 Å². The highest BCUT2D eigenvalue weighted by Gasteiger charge is 2.27. The summed E-state index contributed by atoms with van der Waals surface area (Å²) in [6.07, 6.45) is 1.67. The molecule has 0 aliphatic rings. The number of alkyl halides is 1. The van der Waals surface area contributed by atoms with Gasteiger partial charge in [-0.2, -0.15) is 0 Å². The van der Waals surface area contributed by atoms with Crippen LogP contribution in [-0.4, -0.2) is 17.3 Å². The second kappa shape index (κ2) is 6.03. The minimum Gasteiger partial charge on any atom is -0.345 e. The Bertz CT molecular complexity index is 354. The Kier molecular flexibility index (Phi) is 5.28. The van der Waals surface area contributed by atoms with E-state index in [9.17, 15) is 4.79 Å². The summed E-state index contributed by atoms with van der Waals surface area (Å²) in [5.74, 6) is 0.392. The number of carbonyl (C=O) groups is 1. The molecule has 0 bridgehead atoms. The van der Waals surface area contributed by atoms with E-state index >= 15 is 0 Å². The lowest BCUT2D eigenvalue weighted by molar-refractivity contribution is 0.0903. The predicted octanol–water partition coefficient (Wildman–Crippen LogP) is 4.04. The van der Waals surface area contributed by atoms with Crippen LogP contribution in [0, 0.1) is 0 Å². The summed E-state index contributed by atoms with van der Waals surface area (Å²) in [6.45, 7) is 4.07. The molecule has 0 radical (unpaired) electrons. The maximum absolute atomic E-state index is 12.0. The van der Waals surface area contributed by atoms with Gasteiger partial charge >= 0.3 is 0 Å². The molecule has 2 nitrogen and oxygen atoms in total. The van der Waals surface area contributed by atoms with Crippen LogP contribution < -0.4 is 5.32 Å². The monoisotopic (exact) mass is 323 g/mol. The average molecular weight is 325 g/mol. The molecule has 0 aliphatic carbocycles. The Hall–Kier alpha value is -0.0600. The number of carbonyl (C=O) groups excluding carboxylic acids is 1. The van der Waals surface area contributed by atoms with E-state index in [4.69, 9.17) is 11.6 Å². The van der Waals surface area contributed by atoms with Crippen LogP contribution in [0.1, 0.15) is 37.0 Å². The quantitative estimate of drug-likeness (QED) is 0.814. The molecule has 0 spiro atoms. The van der Waals surface area contributed by atoms with E-state index in [1.54, 1.807) is 0 Å². The van der Waals surface area contributed by atoms with Crippen LogP contribution in [0.4, 0.5) is 0 Å². The van der Waals surface area contributed by atoms with Crippen molar-refractivity contribution in [2.75, 3.05) is 5.88 Å². The molecule has 1 amide bonds. The Balaban J connectivity index is 2.76. The van der Waals surface area contributed by atoms with E-state index in [1.807, 2.05) is 25.3 Å². The highest BCUT2D eigenvalue weighted by molar-refractivity contribution is 9.11. The Morgan fingerprint density at radius 3 is 2.56 bits per heavy atom. The van der Waals surface area contributed by atoms with Gasteiger partial charge in [0.2, 0.25) is 0 Å². The fourth-order valence-corrected chi connectivity index (χ4v) is 2.97. The molecule has 0 fully saturated rings. The van der Waals surface area contributed by atoms with Crippen molar-refractivity contribution < 1.29 is 4.79 Å². The van der Waals surface area contributed by atoms with Crippen molar-refractivity contribution >= 4 is 44.8 Å². The number of hydrogen-bond donors (Lipinski definition) is 1. The first-order chi connectivity index (χ1) is 7.56. The highest BCUT2D eigenvalue weighted by Crippen LogP contribution is 2.22. The van der Waals surface area contributed by atoms with Gasteiger partial charge in [0.15, 0.2) is 0 Å². The molecule has 1 heterocycles. The van der Waals surface area contributed by atoms with Gasteiger partial charge in [-0.15, -0.1) is 22.9 Å². The zero-order chi connectivity index (χ0) is 12.2. The van der Waals surface area contributed by atoms with Gasteiger partial charge in [0.25, 0.3) is 5.91 Å². The first-order valence-electron chi connectivity index (χ1n) is 5.19. The first kappa shape index (κ1) is 14.0. The number of thiophene rings is 1. The summed E-state index contributed by atoms with van der Waals surface area (Å²) in [6, 6.07) is 1.82. The van der Waals surface area contributed by atoms with Crippen molar-refractivity contribution in [3.8, 4) is 0 Å². The van der Waals surface area contributed by atoms with E-state index in [1.165, 1.54) is 11.3 Å². The SMILES string of the molecule is CCC(CC)(CCl)NC(=O)c1csc(Br)c1. The smallest absolute Gasteiger partial charge is 0.252 e. The molecule has 5 heteroatoms. The van der Waals surface area contributed by atoms with Gasteiger partial charge in [0.05, 0.1) is 14.9 Å². The summed E-state index contributed by atoms with van der Waals surface area (Å²) in [4.78, 5) is 12.0. The van der Waals surface area contributed by atoms with E-state index in [-0.39, 0.29) is 11.4 Å². The minimum atomic E-state index is -0.285. The maximum atomic E-state index is 12.0. The van der Waals surface area contributed by atoms with Crippen LogP contribution in [0.2, 0.25) is 0 Å². The van der Waals surface area contributed by atoms with Crippen molar-refractivity contribution in [1.82, 2.24) is 5.32 Å². The molecular weight excluding hydrogens is 310 g/mol. The molecule has 0 atom stereocenters. The van der Waals surface area contributed by atoms with Crippen LogP contribution in [0.3, 0.4) is 0 Å². The molecule has 16 heavy (non-hydrogen) atoms. The topological polar surface area (TPSA) is 29.1 Å². The van der Waals surface area contributed by atoms with Crippen LogP contribution in [0.15, 0.2) is 15.2 Å². The van der Waals surface area contributed by atoms with Gasteiger partial charge in [-0.1, -0.05) is 13.8 Å². The lowest BCUT2D eigenvalue weighted by atomic mass is 9.95. The predicted molar refractivity (Wildman–Crippen MR) is 73.5 cm³/mol. The molecule has 0 unspecified atom stereocenters. The van der Waals surface area contributed by atoms with Crippen LogP contribution in [0.25, 0.3) is 0 Å². The zero-order valence-electron chi connectivity index (χ0n) is 9.35. The Labute approximate surface area is 114 Å². The summed E-state index contributed by atoms with van der Waals surface area (Å²) in [5.41, 5.74) is 0.404. The fourth-order valence-electron chi connectivity index (χ4n) is 1.39. The van der Waals surface area contributed by atoms with Crippen molar-refractivity contribution in [2.24, 2.45) is 0 Å². The molecule has 1 aromatic rings. The Morgan fingerprint density at radius 2 is 2.19 bits per heavy atom. The van der Waals surface area contributed by atoms with Crippen molar-refractivity contribution in [3.05, 3.63) is 20.8 Å². The van der Waals surface area contributed by atoms with Gasteiger partial charge in [-0.25, -0.2) is 0 Å². The van der Waals surface area contributed by atoms with Crippen LogP contribution >= 0.6 is 38.9 Å². The van der Waals surface area contributed by atoms with Gasteiger partial charge in [0.1, 0.15) is 0 Å². The molecule has 1 N–H and O–H groups in total. The molecule has 1 aromatic heterocycles. The van der Waals surface area contributed by atoms with E-state index < -0.39 is 0 Å². The van der Waals surface area contributed by atoms with Gasteiger partial charge in [0, 0.05) is 11.3 Å². The van der Waals surface area contributed by atoms with E-state index in [2.05, 4.69) is 21.2 Å². The maximum Gasteiger partial charge on any atom is 0.252 e. The fraction of sp³-hybridized carbons (Fsp3) is 0.545. The minimum absolute atomic E-state index is 0.0497. The summed E-state index contributed by atoms with van der Waals surface area (Å²) in [7, 11) is 0. The molecular formula is C11H15BrClNOS. The third-order valence-corrected chi connectivity index (χ3v) is 4.83. The third-order valence-electron chi connectivity index (χ3n) is 2.82. The van der Waals surface area contributed by atoms with Crippen molar-refractivity contribution in [1.29, 1.82) is 0 Å². The molecule has 1 rings (SSSR count). The van der Waals surface area contributed by atoms with E-state index in [0.29, 0.717) is 11.4 Å². The van der Waals surface area contributed by atoms with Crippen molar-refractivity contribution in [2.45, 2.75) is 32.2 Å². The highest BCUT2D eigenvalue weighted by atomic mass is 79.9. The second-order valence-corrected chi connectivity index (χ2v) is 6.27. The lowest BCUT2D eigenvalue weighted by Gasteiger charge is -2.30. The average Bonchev–Trinajstić information content (AvgIpc) is 2.73. The first-order valence-corrected chi connectivity index (χ1v) is 7.40. The Morgan fingerprint density at radius 1 is 1.56 bits per heavy atom. The van der Waals surface area contributed by atoms with Crippen molar-refractivity contribution in [3.63, 3.8) is 0 Å². The summed E-state index contributed by atoms with van der Waals surface area (Å²) < 4.78 is 0.960. The summed E-state index contributed by atoms with van der Waals surface area (Å²) >= 11 is 10.8. The van der Waals surface area contributed by atoms with Gasteiger partial charge in [-0.3, -0.25) is 4.79 Å². The number of halogens is 2. The third kappa shape index (κ3) is 3.22. The normalized spacial score (nSPS) is 11.5. The van der Waals surface area contributed by atoms with E-state index in [0.717, 1.165) is 16.6 Å². The molecule has 0 saturated heterocycles. The summed E-state index contributed by atoms with van der Waals surface area (Å²) in [5, 5.41) is 4.86. The largest absolute Gasteiger partial charge is 0.345 e. The number of hydrogen-bond acceptors (Lipinski definition) is 2. The van der Waals surface area contributed by atoms with Gasteiger partial charge < -0.3 is 5.32 Å². The number of rotatable bonds is 5. The molecule has 0 saturated carbocycles.